The number of nitrogens with one attached hydrogen (secondary N) is 1. The van der Waals surface area contributed by atoms with Crippen molar-refractivity contribution in [3.8, 4) is 0 Å². The molecule has 0 bridgehead atoms. The van der Waals surface area contributed by atoms with Crippen LogP contribution < -0.4 is 5.32 Å². The number of sulfonamides is 2. The van der Waals surface area contributed by atoms with Crippen LogP contribution in [0.4, 0.5) is 5.69 Å². The Labute approximate surface area is 212 Å². The number of amides is 1. The summed E-state index contributed by atoms with van der Waals surface area (Å²) in [6.07, 6.45) is 0. The Bertz CT molecular complexity index is 1410. The fourth-order valence-electron chi connectivity index (χ4n) is 4.11. The van der Waals surface area contributed by atoms with Crippen molar-refractivity contribution < 1.29 is 21.6 Å². The molecule has 0 saturated carbocycles. The van der Waals surface area contributed by atoms with Crippen LogP contribution in [0.25, 0.3) is 0 Å². The molecule has 1 aliphatic rings. The van der Waals surface area contributed by atoms with Gasteiger partial charge in [0.25, 0.3) is 0 Å². The van der Waals surface area contributed by atoms with Gasteiger partial charge in [-0.15, -0.1) is 0 Å². The standard InChI is InChI=1S/C26H29N3O5S2/c1-20(2)21-13-15-22(16-14-21)27-26(30)25-19-28(35(31,32)23-9-5-3-6-10-23)17-18-29(25)36(33,34)24-11-7-4-8-12-24/h3-16,20,25H,17-19H2,1-2H3,(H,27,30)/t25-/m1/s1. The molecule has 8 nitrogen and oxygen atoms in total. The predicted molar refractivity (Wildman–Crippen MR) is 138 cm³/mol. The van der Waals surface area contributed by atoms with Crippen molar-refractivity contribution in [3.05, 3.63) is 90.5 Å². The van der Waals surface area contributed by atoms with E-state index in [1.54, 1.807) is 48.5 Å². The summed E-state index contributed by atoms with van der Waals surface area (Å²) < 4.78 is 55.8. The smallest absolute Gasteiger partial charge is 0.244 e. The molecule has 1 amide bonds. The summed E-state index contributed by atoms with van der Waals surface area (Å²) in [5.41, 5.74) is 1.60. The van der Waals surface area contributed by atoms with Gasteiger partial charge >= 0.3 is 0 Å². The number of rotatable bonds is 7. The number of anilines is 1. The van der Waals surface area contributed by atoms with Crippen LogP contribution in [0, 0.1) is 0 Å². The highest BCUT2D eigenvalue weighted by Crippen LogP contribution is 2.26. The van der Waals surface area contributed by atoms with Gasteiger partial charge in [0, 0.05) is 25.3 Å². The van der Waals surface area contributed by atoms with Crippen LogP contribution >= 0.6 is 0 Å². The van der Waals surface area contributed by atoms with E-state index in [1.165, 1.54) is 28.6 Å². The van der Waals surface area contributed by atoms with Crippen molar-refractivity contribution in [3.63, 3.8) is 0 Å². The first kappa shape index (κ1) is 26.0. The Balaban J connectivity index is 1.66. The molecule has 1 atom stereocenters. The number of nitrogens with zero attached hydrogens (tertiary/aromatic N) is 2. The molecule has 10 heteroatoms. The molecule has 36 heavy (non-hydrogen) atoms. The molecular weight excluding hydrogens is 498 g/mol. The van der Waals surface area contributed by atoms with Gasteiger partial charge in [-0.25, -0.2) is 16.8 Å². The van der Waals surface area contributed by atoms with E-state index in [0.717, 1.165) is 9.87 Å². The molecule has 190 valence electrons. The number of piperazine rings is 1. The van der Waals surface area contributed by atoms with Crippen molar-refractivity contribution >= 4 is 31.6 Å². The number of carbonyl (C=O) groups excluding carboxylic acids is 1. The Hall–Kier alpha value is -3.05. The molecule has 1 heterocycles. The first-order valence-electron chi connectivity index (χ1n) is 11.6. The maximum absolute atomic E-state index is 13.5. The van der Waals surface area contributed by atoms with E-state index in [1.807, 2.05) is 12.1 Å². The average Bonchev–Trinajstić information content (AvgIpc) is 2.89. The van der Waals surface area contributed by atoms with Gasteiger partial charge in [0.05, 0.1) is 9.79 Å². The summed E-state index contributed by atoms with van der Waals surface area (Å²) in [6.45, 7) is 3.58. The zero-order chi connectivity index (χ0) is 25.9. The maximum Gasteiger partial charge on any atom is 0.244 e. The van der Waals surface area contributed by atoms with Gasteiger partial charge in [-0.05, 0) is 47.9 Å². The van der Waals surface area contributed by atoms with Gasteiger partial charge < -0.3 is 5.32 Å². The predicted octanol–water partition coefficient (Wildman–Crippen LogP) is 3.51. The van der Waals surface area contributed by atoms with Crippen molar-refractivity contribution in [1.29, 1.82) is 0 Å². The highest BCUT2D eigenvalue weighted by atomic mass is 32.2. The first-order valence-corrected chi connectivity index (χ1v) is 14.5. The van der Waals surface area contributed by atoms with Crippen molar-refractivity contribution in [2.24, 2.45) is 0 Å². The number of benzene rings is 3. The summed E-state index contributed by atoms with van der Waals surface area (Å²) in [5, 5.41) is 2.78. The van der Waals surface area contributed by atoms with Crippen LogP contribution in [0.3, 0.4) is 0 Å². The lowest BCUT2D eigenvalue weighted by molar-refractivity contribution is -0.120. The average molecular weight is 528 g/mol. The molecule has 0 spiro atoms. The highest BCUT2D eigenvalue weighted by molar-refractivity contribution is 7.89. The summed E-state index contributed by atoms with van der Waals surface area (Å²) >= 11 is 0. The van der Waals surface area contributed by atoms with Crippen LogP contribution in [0.1, 0.15) is 25.3 Å². The second-order valence-electron chi connectivity index (χ2n) is 8.89. The summed E-state index contributed by atoms with van der Waals surface area (Å²) in [5.74, 6) is -0.281. The van der Waals surface area contributed by atoms with Crippen LogP contribution in [0.5, 0.6) is 0 Å². The van der Waals surface area contributed by atoms with E-state index in [4.69, 9.17) is 0 Å². The second-order valence-corrected chi connectivity index (χ2v) is 12.7. The number of hydrogen-bond acceptors (Lipinski definition) is 5. The second kappa shape index (κ2) is 10.5. The van der Waals surface area contributed by atoms with Gasteiger partial charge in [0.15, 0.2) is 0 Å². The van der Waals surface area contributed by atoms with E-state index >= 15 is 0 Å². The third-order valence-corrected chi connectivity index (χ3v) is 9.97. The fraction of sp³-hybridized carbons (Fsp3) is 0.269. The Kier molecular flexibility index (Phi) is 7.60. The molecule has 3 aromatic rings. The number of hydrogen-bond donors (Lipinski definition) is 1. The van der Waals surface area contributed by atoms with E-state index in [2.05, 4.69) is 19.2 Å². The normalized spacial score (nSPS) is 17.7. The molecule has 0 aliphatic carbocycles. The van der Waals surface area contributed by atoms with E-state index < -0.39 is 32.0 Å². The minimum absolute atomic E-state index is 0.0449. The minimum Gasteiger partial charge on any atom is -0.325 e. The first-order chi connectivity index (χ1) is 17.1. The lowest BCUT2D eigenvalue weighted by atomic mass is 10.0. The monoisotopic (exact) mass is 527 g/mol. The summed E-state index contributed by atoms with van der Waals surface area (Å²) in [4.78, 5) is 13.6. The molecule has 0 aromatic heterocycles. The van der Waals surface area contributed by atoms with Crippen molar-refractivity contribution in [2.45, 2.75) is 35.6 Å². The topological polar surface area (TPSA) is 104 Å². The third-order valence-electron chi connectivity index (χ3n) is 6.17. The van der Waals surface area contributed by atoms with Crippen molar-refractivity contribution in [1.82, 2.24) is 8.61 Å². The summed E-state index contributed by atoms with van der Waals surface area (Å²) in [6, 6.07) is 21.8. The van der Waals surface area contributed by atoms with Gasteiger partial charge in [0.1, 0.15) is 6.04 Å². The Morgan fingerprint density at radius 3 is 1.83 bits per heavy atom. The van der Waals surface area contributed by atoms with Crippen molar-refractivity contribution in [2.75, 3.05) is 25.0 Å². The van der Waals surface area contributed by atoms with Gasteiger partial charge in [0.2, 0.25) is 26.0 Å². The Morgan fingerprint density at radius 1 is 0.778 bits per heavy atom. The van der Waals surface area contributed by atoms with Crippen LogP contribution in [0.2, 0.25) is 0 Å². The van der Waals surface area contributed by atoms with Gasteiger partial charge in [-0.3, -0.25) is 4.79 Å². The fourth-order valence-corrected chi connectivity index (χ4v) is 7.16. The van der Waals surface area contributed by atoms with Crippen LogP contribution in [0.15, 0.2) is 94.7 Å². The zero-order valence-electron chi connectivity index (χ0n) is 20.1. The molecule has 0 radical (unpaired) electrons. The van der Waals surface area contributed by atoms with E-state index in [0.29, 0.717) is 11.6 Å². The molecule has 1 aliphatic heterocycles. The molecule has 3 aromatic carbocycles. The highest BCUT2D eigenvalue weighted by Gasteiger charge is 2.43. The van der Waals surface area contributed by atoms with E-state index in [-0.39, 0.29) is 29.4 Å². The molecule has 1 N–H and O–H groups in total. The Morgan fingerprint density at radius 2 is 1.31 bits per heavy atom. The van der Waals surface area contributed by atoms with E-state index in [9.17, 15) is 21.6 Å². The molecular formula is C26H29N3O5S2. The molecule has 1 fully saturated rings. The molecule has 0 unspecified atom stereocenters. The summed E-state index contributed by atoms with van der Waals surface area (Å²) in [7, 11) is -7.97. The largest absolute Gasteiger partial charge is 0.325 e. The molecule has 1 saturated heterocycles. The zero-order valence-corrected chi connectivity index (χ0v) is 21.7. The lowest BCUT2D eigenvalue weighted by Gasteiger charge is -2.38. The van der Waals surface area contributed by atoms with Crippen LogP contribution in [-0.2, 0) is 24.8 Å². The molecule has 4 rings (SSSR count). The SMILES string of the molecule is CC(C)c1ccc(NC(=O)[C@H]2CN(S(=O)(=O)c3ccccc3)CCN2S(=O)(=O)c2ccccc2)cc1. The third kappa shape index (κ3) is 5.36. The lowest BCUT2D eigenvalue weighted by Crippen LogP contribution is -2.60. The minimum atomic E-state index is -4.05. The van der Waals surface area contributed by atoms with Gasteiger partial charge in [-0.2, -0.15) is 8.61 Å². The van der Waals surface area contributed by atoms with Crippen LogP contribution in [-0.4, -0.2) is 57.0 Å². The number of carbonyl (C=O) groups is 1. The quantitative estimate of drug-likeness (QED) is 0.506. The van der Waals surface area contributed by atoms with Gasteiger partial charge in [-0.1, -0.05) is 62.4 Å². The maximum atomic E-state index is 13.5.